The lowest BCUT2D eigenvalue weighted by molar-refractivity contribution is -0.137. The summed E-state index contributed by atoms with van der Waals surface area (Å²) in [6.45, 7) is 5.65. The maximum absolute atomic E-state index is 12.4. The molecule has 0 bridgehead atoms. The number of anilines is 1. The second-order valence-corrected chi connectivity index (χ2v) is 6.01. The van der Waals surface area contributed by atoms with Crippen molar-refractivity contribution >= 4 is 11.7 Å². The van der Waals surface area contributed by atoms with Crippen molar-refractivity contribution in [3.8, 4) is 0 Å². The molecule has 1 saturated heterocycles. The summed E-state index contributed by atoms with van der Waals surface area (Å²) in [4.78, 5) is 25.4. The first-order valence-electron chi connectivity index (χ1n) is 8.12. The third-order valence-corrected chi connectivity index (χ3v) is 4.66. The molecule has 0 N–H and O–H groups in total. The smallest absolute Gasteiger partial charge is 0.225 e. The van der Waals surface area contributed by atoms with Gasteiger partial charge >= 0.3 is 0 Å². The lowest BCUT2D eigenvalue weighted by atomic mass is 9.84. The van der Waals surface area contributed by atoms with Gasteiger partial charge in [-0.05, 0) is 25.7 Å². The minimum atomic E-state index is 0.308. The molecular formula is C16H24N4O. The van der Waals surface area contributed by atoms with Crippen LogP contribution in [0.2, 0.25) is 0 Å². The zero-order chi connectivity index (χ0) is 14.7. The molecule has 2 fully saturated rings. The SMILES string of the molecule is CCc1cc(N2CCCN(C(=O)C3CCC3)CC2)ncn1. The fraction of sp³-hybridized carbons (Fsp3) is 0.688. The Balaban J connectivity index is 1.63. The summed E-state index contributed by atoms with van der Waals surface area (Å²) in [5.41, 5.74) is 1.08. The first-order valence-corrected chi connectivity index (χ1v) is 8.12. The maximum Gasteiger partial charge on any atom is 0.225 e. The first-order chi connectivity index (χ1) is 10.3. The predicted octanol–water partition coefficient (Wildman–Crippen LogP) is 1.88. The van der Waals surface area contributed by atoms with Gasteiger partial charge in [0.2, 0.25) is 5.91 Å². The number of hydrogen-bond donors (Lipinski definition) is 0. The average molecular weight is 288 g/mol. The summed E-state index contributed by atoms with van der Waals surface area (Å²) in [5, 5.41) is 0. The molecule has 1 aliphatic carbocycles. The number of hydrogen-bond acceptors (Lipinski definition) is 4. The Bertz CT molecular complexity index is 501. The van der Waals surface area contributed by atoms with Crippen LogP contribution in [0.3, 0.4) is 0 Å². The highest BCUT2D eigenvalue weighted by Gasteiger charge is 2.30. The monoisotopic (exact) mass is 288 g/mol. The molecule has 5 heteroatoms. The van der Waals surface area contributed by atoms with E-state index in [1.807, 2.05) is 0 Å². The normalized spacial score (nSPS) is 20.0. The molecule has 1 aromatic heterocycles. The largest absolute Gasteiger partial charge is 0.355 e. The molecule has 0 spiro atoms. The third kappa shape index (κ3) is 3.17. The summed E-state index contributed by atoms with van der Waals surface area (Å²) in [6.07, 6.45) is 6.99. The van der Waals surface area contributed by atoms with Gasteiger partial charge < -0.3 is 9.80 Å². The van der Waals surface area contributed by atoms with Gasteiger partial charge in [0.15, 0.2) is 0 Å². The van der Waals surface area contributed by atoms with Crippen molar-refractivity contribution in [1.82, 2.24) is 14.9 Å². The van der Waals surface area contributed by atoms with Crippen molar-refractivity contribution in [2.24, 2.45) is 5.92 Å². The number of amides is 1. The summed E-state index contributed by atoms with van der Waals surface area (Å²) < 4.78 is 0. The van der Waals surface area contributed by atoms with Crippen LogP contribution in [0.5, 0.6) is 0 Å². The van der Waals surface area contributed by atoms with E-state index < -0.39 is 0 Å². The van der Waals surface area contributed by atoms with Gasteiger partial charge in [-0.25, -0.2) is 9.97 Å². The van der Waals surface area contributed by atoms with Crippen molar-refractivity contribution in [1.29, 1.82) is 0 Å². The van der Waals surface area contributed by atoms with Crippen LogP contribution in [0.15, 0.2) is 12.4 Å². The van der Waals surface area contributed by atoms with E-state index in [1.54, 1.807) is 6.33 Å². The van der Waals surface area contributed by atoms with E-state index in [-0.39, 0.29) is 0 Å². The number of aromatic nitrogens is 2. The van der Waals surface area contributed by atoms with Gasteiger partial charge in [0.1, 0.15) is 12.1 Å². The molecule has 1 aliphatic heterocycles. The van der Waals surface area contributed by atoms with Crippen molar-refractivity contribution in [2.45, 2.75) is 39.0 Å². The zero-order valence-corrected chi connectivity index (χ0v) is 12.8. The number of carbonyl (C=O) groups is 1. The second kappa shape index (κ2) is 6.41. The molecule has 0 unspecified atom stereocenters. The van der Waals surface area contributed by atoms with Gasteiger partial charge in [-0.15, -0.1) is 0 Å². The molecule has 1 amide bonds. The number of rotatable bonds is 3. The van der Waals surface area contributed by atoms with Crippen molar-refractivity contribution in [3.63, 3.8) is 0 Å². The van der Waals surface area contributed by atoms with Gasteiger partial charge in [0.05, 0.1) is 0 Å². The molecular weight excluding hydrogens is 264 g/mol. The Labute approximate surface area is 126 Å². The van der Waals surface area contributed by atoms with Gasteiger partial charge in [-0.2, -0.15) is 0 Å². The highest BCUT2D eigenvalue weighted by Crippen LogP contribution is 2.28. The van der Waals surface area contributed by atoms with E-state index in [0.29, 0.717) is 11.8 Å². The first kappa shape index (κ1) is 14.3. The summed E-state index contributed by atoms with van der Waals surface area (Å²) in [7, 11) is 0. The molecule has 2 heterocycles. The Morgan fingerprint density at radius 2 is 2.05 bits per heavy atom. The molecule has 5 nitrogen and oxygen atoms in total. The van der Waals surface area contributed by atoms with Crippen molar-refractivity contribution in [3.05, 3.63) is 18.1 Å². The highest BCUT2D eigenvalue weighted by molar-refractivity contribution is 5.79. The molecule has 1 saturated carbocycles. The molecule has 114 valence electrons. The van der Waals surface area contributed by atoms with E-state index in [0.717, 1.165) is 63.4 Å². The predicted molar refractivity (Wildman–Crippen MR) is 82.2 cm³/mol. The average Bonchev–Trinajstić information content (AvgIpc) is 2.71. The Hall–Kier alpha value is -1.65. The molecule has 3 rings (SSSR count). The van der Waals surface area contributed by atoms with Crippen LogP contribution in [-0.2, 0) is 11.2 Å². The number of aryl methyl sites for hydroxylation is 1. The Morgan fingerprint density at radius 1 is 1.19 bits per heavy atom. The summed E-state index contributed by atoms with van der Waals surface area (Å²) in [5.74, 6) is 1.68. The van der Waals surface area contributed by atoms with Gasteiger partial charge in [-0.3, -0.25) is 4.79 Å². The highest BCUT2D eigenvalue weighted by atomic mass is 16.2. The van der Waals surface area contributed by atoms with E-state index in [4.69, 9.17) is 0 Å². The zero-order valence-electron chi connectivity index (χ0n) is 12.8. The van der Waals surface area contributed by atoms with Crippen LogP contribution in [0, 0.1) is 5.92 Å². The third-order valence-electron chi connectivity index (χ3n) is 4.66. The van der Waals surface area contributed by atoms with Gasteiger partial charge in [0, 0.05) is 43.9 Å². The molecule has 2 aliphatic rings. The van der Waals surface area contributed by atoms with E-state index in [1.165, 1.54) is 6.42 Å². The van der Waals surface area contributed by atoms with E-state index in [9.17, 15) is 4.79 Å². The molecule has 21 heavy (non-hydrogen) atoms. The van der Waals surface area contributed by atoms with Crippen molar-refractivity contribution in [2.75, 3.05) is 31.1 Å². The van der Waals surface area contributed by atoms with Crippen LogP contribution < -0.4 is 4.90 Å². The standard InChI is InChI=1S/C16H24N4O/c1-2-14-11-15(18-12-17-14)19-7-4-8-20(10-9-19)16(21)13-5-3-6-13/h11-13H,2-10H2,1H3. The summed E-state index contributed by atoms with van der Waals surface area (Å²) >= 11 is 0. The number of nitrogens with zero attached hydrogens (tertiary/aromatic N) is 4. The molecule has 0 aromatic carbocycles. The minimum absolute atomic E-state index is 0.308. The van der Waals surface area contributed by atoms with Crippen molar-refractivity contribution < 1.29 is 4.79 Å². The Morgan fingerprint density at radius 3 is 2.76 bits per heavy atom. The van der Waals surface area contributed by atoms with Crippen LogP contribution in [0.25, 0.3) is 0 Å². The Kier molecular flexibility index (Phi) is 4.36. The second-order valence-electron chi connectivity index (χ2n) is 6.01. The lowest BCUT2D eigenvalue weighted by Gasteiger charge is -2.31. The van der Waals surface area contributed by atoms with Crippen LogP contribution in [0.1, 0.15) is 38.3 Å². The van der Waals surface area contributed by atoms with Crippen LogP contribution >= 0.6 is 0 Å². The molecule has 1 aromatic rings. The molecule has 0 radical (unpaired) electrons. The number of carbonyl (C=O) groups excluding carboxylic acids is 1. The fourth-order valence-electron chi connectivity index (χ4n) is 3.03. The minimum Gasteiger partial charge on any atom is -0.355 e. The molecule has 0 atom stereocenters. The fourth-order valence-corrected chi connectivity index (χ4v) is 3.03. The lowest BCUT2D eigenvalue weighted by Crippen LogP contribution is -2.41. The van der Waals surface area contributed by atoms with E-state index in [2.05, 4.69) is 32.8 Å². The summed E-state index contributed by atoms with van der Waals surface area (Å²) in [6, 6.07) is 2.07. The maximum atomic E-state index is 12.4. The van der Waals surface area contributed by atoms with E-state index >= 15 is 0 Å². The quantitative estimate of drug-likeness (QED) is 0.852. The van der Waals surface area contributed by atoms with Gasteiger partial charge in [0.25, 0.3) is 0 Å². The topological polar surface area (TPSA) is 49.3 Å². The van der Waals surface area contributed by atoms with Crippen LogP contribution in [-0.4, -0.2) is 47.0 Å². The van der Waals surface area contributed by atoms with Gasteiger partial charge in [-0.1, -0.05) is 13.3 Å². The van der Waals surface area contributed by atoms with Crippen LogP contribution in [0.4, 0.5) is 5.82 Å².